The van der Waals surface area contributed by atoms with Gasteiger partial charge in [-0.2, -0.15) is 4.98 Å². The number of aromatic nitrogens is 5. The highest BCUT2D eigenvalue weighted by Gasteiger charge is 2.17. The third-order valence-electron chi connectivity index (χ3n) is 4.87. The van der Waals surface area contributed by atoms with Crippen molar-refractivity contribution in [3.63, 3.8) is 0 Å². The normalized spacial score (nSPS) is 11.7. The van der Waals surface area contributed by atoms with Crippen molar-refractivity contribution >= 4 is 5.91 Å². The lowest BCUT2D eigenvalue weighted by Gasteiger charge is -2.22. The maximum absolute atomic E-state index is 12.4. The van der Waals surface area contributed by atoms with Gasteiger partial charge in [-0.25, -0.2) is 4.68 Å². The fourth-order valence-corrected chi connectivity index (χ4v) is 3.24. The van der Waals surface area contributed by atoms with Gasteiger partial charge in [0.15, 0.2) is 11.5 Å². The van der Waals surface area contributed by atoms with Crippen LogP contribution in [0.2, 0.25) is 0 Å². The van der Waals surface area contributed by atoms with E-state index in [1.54, 1.807) is 13.1 Å². The molecule has 0 saturated heterocycles. The van der Waals surface area contributed by atoms with Gasteiger partial charge < -0.3 is 9.84 Å². The third-order valence-corrected chi connectivity index (χ3v) is 4.87. The Morgan fingerprint density at radius 1 is 1.17 bits per heavy atom. The van der Waals surface area contributed by atoms with Crippen LogP contribution in [0.5, 0.6) is 0 Å². The van der Waals surface area contributed by atoms with Crippen LogP contribution in [0, 0.1) is 20.8 Å². The van der Waals surface area contributed by atoms with Crippen LogP contribution in [-0.2, 0) is 18.4 Å². The molecule has 154 valence electrons. The molecule has 2 heterocycles. The lowest BCUT2D eigenvalue weighted by molar-refractivity contribution is 0.0949. The number of rotatable bonds is 6. The zero-order chi connectivity index (χ0) is 21.2. The predicted octanol–water partition coefficient (Wildman–Crippen LogP) is 2.90. The van der Waals surface area contributed by atoms with Gasteiger partial charge in [-0.15, -0.1) is 5.10 Å². The summed E-state index contributed by atoms with van der Waals surface area (Å²) in [4.78, 5) is 16.5. The van der Waals surface area contributed by atoms with Gasteiger partial charge in [-0.1, -0.05) is 43.3 Å². The zero-order valence-electron chi connectivity index (χ0n) is 17.9. The summed E-state index contributed by atoms with van der Waals surface area (Å²) in [6.45, 7) is 13.5. The number of carbonyl (C=O) groups is 1. The highest BCUT2D eigenvalue weighted by molar-refractivity contribution is 5.91. The highest BCUT2D eigenvalue weighted by atomic mass is 16.5. The van der Waals surface area contributed by atoms with Crippen LogP contribution in [0.25, 0.3) is 0 Å². The Hall–Kier alpha value is -3.03. The minimum absolute atomic E-state index is 0.119. The molecular formula is C21H28N6O2. The smallest absolute Gasteiger partial charge is 0.273 e. The lowest BCUT2D eigenvalue weighted by atomic mass is 9.83. The molecule has 8 heteroatoms. The highest BCUT2D eigenvalue weighted by Crippen LogP contribution is 2.27. The maximum Gasteiger partial charge on any atom is 0.273 e. The van der Waals surface area contributed by atoms with Crippen LogP contribution in [-0.4, -0.2) is 37.6 Å². The first-order chi connectivity index (χ1) is 13.6. The molecule has 3 rings (SSSR count). The lowest BCUT2D eigenvalue weighted by Crippen LogP contribution is -2.26. The fourth-order valence-electron chi connectivity index (χ4n) is 3.24. The molecule has 2 aromatic heterocycles. The van der Waals surface area contributed by atoms with Gasteiger partial charge in [-0.3, -0.25) is 4.79 Å². The van der Waals surface area contributed by atoms with Gasteiger partial charge in [0.2, 0.25) is 5.89 Å². The molecule has 0 fully saturated rings. The van der Waals surface area contributed by atoms with Gasteiger partial charge in [0, 0.05) is 13.5 Å². The minimum atomic E-state index is -0.248. The minimum Gasteiger partial charge on any atom is -0.350 e. The summed E-state index contributed by atoms with van der Waals surface area (Å²) in [5.41, 5.74) is 5.50. The van der Waals surface area contributed by atoms with E-state index in [2.05, 4.69) is 72.5 Å². The quantitative estimate of drug-likeness (QED) is 0.688. The van der Waals surface area contributed by atoms with Gasteiger partial charge >= 0.3 is 0 Å². The van der Waals surface area contributed by atoms with E-state index in [-0.39, 0.29) is 17.0 Å². The third kappa shape index (κ3) is 5.07. The van der Waals surface area contributed by atoms with Gasteiger partial charge in [0.1, 0.15) is 6.54 Å². The van der Waals surface area contributed by atoms with E-state index in [1.807, 2.05) is 0 Å². The van der Waals surface area contributed by atoms with Crippen LogP contribution in [0.1, 0.15) is 65.2 Å². The Balaban J connectivity index is 1.58. The first-order valence-corrected chi connectivity index (χ1v) is 9.71. The van der Waals surface area contributed by atoms with Crippen molar-refractivity contribution in [2.45, 2.75) is 59.9 Å². The van der Waals surface area contributed by atoms with Crippen molar-refractivity contribution in [1.82, 2.24) is 30.5 Å². The number of carbonyl (C=O) groups excluding carboxylic acids is 1. The number of benzene rings is 1. The summed E-state index contributed by atoms with van der Waals surface area (Å²) in [6.07, 6.45) is 2.35. The van der Waals surface area contributed by atoms with Crippen molar-refractivity contribution < 1.29 is 9.32 Å². The number of nitrogens with one attached hydrogen (secondary N) is 1. The van der Waals surface area contributed by atoms with Gasteiger partial charge in [0.25, 0.3) is 5.91 Å². The van der Waals surface area contributed by atoms with Crippen molar-refractivity contribution in [3.8, 4) is 0 Å². The molecule has 0 radical (unpaired) electrons. The summed E-state index contributed by atoms with van der Waals surface area (Å²) in [5, 5.41) is 14.6. The monoisotopic (exact) mass is 396 g/mol. The summed E-state index contributed by atoms with van der Waals surface area (Å²) >= 11 is 0. The summed E-state index contributed by atoms with van der Waals surface area (Å²) in [5.74, 6) is 0.727. The Bertz CT molecular complexity index is 989. The van der Waals surface area contributed by atoms with E-state index < -0.39 is 0 Å². The standard InChI is InChI=1S/C21H28N6O2/c1-13-9-16(21(4,5)6)10-14(2)17(13)7-8-22-20(28)18-11-27(26-24-18)12-19-23-15(3)29-25-19/h9-11H,7-8,12H2,1-6H3,(H,22,28). The van der Waals surface area contributed by atoms with E-state index in [4.69, 9.17) is 4.52 Å². The summed E-state index contributed by atoms with van der Waals surface area (Å²) < 4.78 is 6.44. The number of aryl methyl sites for hydroxylation is 3. The number of hydrogen-bond acceptors (Lipinski definition) is 6. The summed E-state index contributed by atoms with van der Waals surface area (Å²) in [6, 6.07) is 4.49. The Morgan fingerprint density at radius 3 is 2.45 bits per heavy atom. The molecule has 3 aromatic rings. The molecule has 0 aliphatic rings. The first-order valence-electron chi connectivity index (χ1n) is 9.71. The zero-order valence-corrected chi connectivity index (χ0v) is 17.9. The number of hydrogen-bond donors (Lipinski definition) is 1. The Labute approximate surface area is 170 Å². The van der Waals surface area contributed by atoms with Crippen molar-refractivity contribution in [1.29, 1.82) is 0 Å². The second-order valence-electron chi connectivity index (χ2n) is 8.38. The second kappa shape index (κ2) is 8.14. The molecule has 0 bridgehead atoms. The number of nitrogens with zero attached hydrogens (tertiary/aromatic N) is 5. The SMILES string of the molecule is Cc1nc(Cn2cc(C(=O)NCCc3c(C)cc(C(C)(C)C)cc3C)nn2)no1. The van der Waals surface area contributed by atoms with Crippen molar-refractivity contribution in [3.05, 3.63) is 58.0 Å². The van der Waals surface area contributed by atoms with Crippen LogP contribution in [0.4, 0.5) is 0 Å². The molecule has 8 nitrogen and oxygen atoms in total. The number of amides is 1. The topological polar surface area (TPSA) is 98.7 Å². The molecule has 1 aromatic carbocycles. The molecular weight excluding hydrogens is 368 g/mol. The largest absolute Gasteiger partial charge is 0.350 e. The molecule has 0 spiro atoms. The van der Waals surface area contributed by atoms with E-state index in [0.29, 0.717) is 24.8 Å². The molecule has 0 aliphatic carbocycles. The second-order valence-corrected chi connectivity index (χ2v) is 8.38. The molecule has 0 aliphatic heterocycles. The molecule has 0 unspecified atom stereocenters. The van der Waals surface area contributed by atoms with Crippen molar-refractivity contribution in [2.24, 2.45) is 0 Å². The van der Waals surface area contributed by atoms with Crippen LogP contribution in [0.15, 0.2) is 22.9 Å². The molecule has 0 saturated carbocycles. The molecule has 0 atom stereocenters. The van der Waals surface area contributed by atoms with Crippen LogP contribution < -0.4 is 5.32 Å². The first kappa shape index (κ1) is 20.7. The Morgan fingerprint density at radius 2 is 1.86 bits per heavy atom. The molecule has 1 amide bonds. The molecule has 1 N–H and O–H groups in total. The van der Waals surface area contributed by atoms with Crippen LogP contribution >= 0.6 is 0 Å². The average Bonchev–Trinajstić information content (AvgIpc) is 3.25. The van der Waals surface area contributed by atoms with E-state index in [1.165, 1.54) is 26.9 Å². The maximum atomic E-state index is 12.4. The van der Waals surface area contributed by atoms with Crippen LogP contribution in [0.3, 0.4) is 0 Å². The van der Waals surface area contributed by atoms with Gasteiger partial charge in [0.05, 0.1) is 6.20 Å². The van der Waals surface area contributed by atoms with E-state index in [0.717, 1.165) is 6.42 Å². The Kier molecular flexibility index (Phi) is 5.81. The summed E-state index contributed by atoms with van der Waals surface area (Å²) in [7, 11) is 0. The molecule has 29 heavy (non-hydrogen) atoms. The van der Waals surface area contributed by atoms with Crippen molar-refractivity contribution in [2.75, 3.05) is 6.54 Å². The average molecular weight is 396 g/mol. The van der Waals surface area contributed by atoms with E-state index >= 15 is 0 Å². The predicted molar refractivity (Wildman–Crippen MR) is 109 cm³/mol. The fraction of sp³-hybridized carbons (Fsp3) is 0.476. The van der Waals surface area contributed by atoms with E-state index in [9.17, 15) is 4.79 Å². The van der Waals surface area contributed by atoms with Gasteiger partial charge in [-0.05, 0) is 47.9 Å².